The highest BCUT2D eigenvalue weighted by molar-refractivity contribution is 6.09. The average Bonchev–Trinajstić information content (AvgIpc) is 2.81. The van der Waals surface area contributed by atoms with E-state index in [-0.39, 0.29) is 11.9 Å². The number of carbonyl (C=O) groups excluding carboxylic acids is 2. The van der Waals surface area contributed by atoms with E-state index in [1.807, 2.05) is 42.5 Å². The molecule has 5 heteroatoms. The fourth-order valence-corrected chi connectivity index (χ4v) is 3.76. The summed E-state index contributed by atoms with van der Waals surface area (Å²) < 4.78 is 5.72. The second-order valence-corrected chi connectivity index (χ2v) is 6.89. The number of rotatable bonds is 3. The molecule has 2 aliphatic heterocycles. The molecule has 1 fully saturated rings. The van der Waals surface area contributed by atoms with Crippen molar-refractivity contribution in [2.75, 3.05) is 25.0 Å². The van der Waals surface area contributed by atoms with Crippen molar-refractivity contribution in [3.8, 4) is 0 Å². The lowest BCUT2D eigenvalue weighted by atomic mass is 9.88. The summed E-state index contributed by atoms with van der Waals surface area (Å²) in [6.07, 6.45) is 2.04. The zero-order valence-corrected chi connectivity index (χ0v) is 14.5. The van der Waals surface area contributed by atoms with Crippen LogP contribution in [-0.4, -0.2) is 31.6 Å². The van der Waals surface area contributed by atoms with Gasteiger partial charge in [-0.3, -0.25) is 9.59 Å². The summed E-state index contributed by atoms with van der Waals surface area (Å²) in [4.78, 5) is 25.6. The predicted octanol–water partition coefficient (Wildman–Crippen LogP) is 2.93. The van der Waals surface area contributed by atoms with E-state index in [2.05, 4.69) is 10.6 Å². The first-order valence-electron chi connectivity index (χ1n) is 9.10. The fourth-order valence-electron chi connectivity index (χ4n) is 3.76. The third kappa shape index (κ3) is 3.22. The van der Waals surface area contributed by atoms with Crippen LogP contribution in [0.2, 0.25) is 0 Å². The lowest BCUT2D eigenvalue weighted by Gasteiger charge is -2.24. The van der Waals surface area contributed by atoms with Crippen LogP contribution in [0.4, 0.5) is 5.69 Å². The molecule has 2 N–H and O–H groups in total. The highest BCUT2D eigenvalue weighted by atomic mass is 16.5. The smallest absolute Gasteiger partial charge is 0.318 e. The van der Waals surface area contributed by atoms with Gasteiger partial charge in [0.1, 0.15) is 5.92 Å². The first kappa shape index (κ1) is 16.8. The van der Waals surface area contributed by atoms with Crippen LogP contribution in [0.3, 0.4) is 0 Å². The molecule has 2 aliphatic rings. The zero-order valence-electron chi connectivity index (χ0n) is 14.5. The summed E-state index contributed by atoms with van der Waals surface area (Å²) in [5, 5.41) is 6.23. The van der Waals surface area contributed by atoms with E-state index in [1.54, 1.807) is 6.07 Å². The van der Waals surface area contributed by atoms with Crippen LogP contribution in [0.1, 0.15) is 40.2 Å². The van der Waals surface area contributed by atoms with E-state index in [9.17, 15) is 9.59 Å². The maximum Gasteiger partial charge on any atom is 0.318 e. The van der Waals surface area contributed by atoms with Crippen LogP contribution in [0.25, 0.3) is 0 Å². The van der Waals surface area contributed by atoms with Crippen molar-refractivity contribution in [3.05, 3.63) is 65.2 Å². The number of benzene rings is 2. The molecule has 0 radical (unpaired) electrons. The molecule has 1 atom stereocenters. The van der Waals surface area contributed by atoms with Crippen molar-refractivity contribution >= 4 is 17.6 Å². The minimum Gasteiger partial charge on any atom is -0.465 e. The van der Waals surface area contributed by atoms with Crippen LogP contribution in [0.5, 0.6) is 0 Å². The topological polar surface area (TPSA) is 67.4 Å². The summed E-state index contributed by atoms with van der Waals surface area (Å²) in [6, 6.07) is 14.7. The fraction of sp³-hybridized carbons (Fsp3) is 0.333. The number of hydrogen-bond donors (Lipinski definition) is 2. The number of esters is 1. The van der Waals surface area contributed by atoms with Gasteiger partial charge in [-0.15, -0.1) is 0 Å². The summed E-state index contributed by atoms with van der Waals surface area (Å²) in [5.74, 6) is -0.680. The van der Waals surface area contributed by atoms with E-state index in [1.165, 1.54) is 0 Å². The van der Waals surface area contributed by atoms with Crippen molar-refractivity contribution in [1.29, 1.82) is 0 Å². The number of anilines is 1. The number of nitrogens with one attached hydrogen (secondary N) is 2. The Morgan fingerprint density at radius 1 is 1.00 bits per heavy atom. The Labute approximate surface area is 152 Å². The van der Waals surface area contributed by atoms with Crippen molar-refractivity contribution in [2.45, 2.75) is 18.8 Å². The van der Waals surface area contributed by atoms with Crippen molar-refractivity contribution < 1.29 is 14.3 Å². The number of piperidine rings is 1. The Balaban J connectivity index is 1.66. The highest BCUT2D eigenvalue weighted by Crippen LogP contribution is 2.36. The van der Waals surface area contributed by atoms with Gasteiger partial charge >= 0.3 is 5.97 Å². The monoisotopic (exact) mass is 350 g/mol. The first-order valence-corrected chi connectivity index (χ1v) is 9.10. The van der Waals surface area contributed by atoms with Crippen LogP contribution in [0, 0.1) is 5.92 Å². The Hall–Kier alpha value is -2.66. The van der Waals surface area contributed by atoms with Gasteiger partial charge in [-0.25, -0.2) is 0 Å². The number of fused-ring (bicyclic) bond motifs is 2. The largest absolute Gasteiger partial charge is 0.465 e. The molecule has 0 spiro atoms. The molecule has 0 aliphatic carbocycles. The lowest BCUT2D eigenvalue weighted by Crippen LogP contribution is -2.31. The second kappa shape index (κ2) is 7.30. The summed E-state index contributed by atoms with van der Waals surface area (Å²) in [6.45, 7) is 2.37. The molecule has 0 bridgehead atoms. The summed E-state index contributed by atoms with van der Waals surface area (Å²) >= 11 is 0. The van der Waals surface area contributed by atoms with Gasteiger partial charge in [0.05, 0.1) is 6.61 Å². The average molecular weight is 350 g/mol. The number of ether oxygens (including phenoxy) is 1. The van der Waals surface area contributed by atoms with Gasteiger partial charge in [0, 0.05) is 11.3 Å². The van der Waals surface area contributed by atoms with Gasteiger partial charge in [-0.1, -0.05) is 36.4 Å². The molecule has 0 saturated carbocycles. The third-order valence-corrected chi connectivity index (χ3v) is 5.19. The second-order valence-electron chi connectivity index (χ2n) is 6.89. The molecule has 2 aromatic rings. The van der Waals surface area contributed by atoms with Crippen LogP contribution < -0.4 is 10.6 Å². The molecule has 4 rings (SSSR count). The molecular formula is C21H22N2O3. The van der Waals surface area contributed by atoms with E-state index < -0.39 is 5.92 Å². The Morgan fingerprint density at radius 3 is 2.50 bits per heavy atom. The van der Waals surface area contributed by atoms with Crippen molar-refractivity contribution in [2.24, 2.45) is 5.92 Å². The molecule has 134 valence electrons. The van der Waals surface area contributed by atoms with E-state index in [0.717, 1.165) is 31.5 Å². The predicted molar refractivity (Wildman–Crippen MR) is 99.2 cm³/mol. The van der Waals surface area contributed by atoms with E-state index >= 15 is 0 Å². The summed E-state index contributed by atoms with van der Waals surface area (Å²) in [7, 11) is 0. The van der Waals surface area contributed by atoms with Crippen molar-refractivity contribution in [1.82, 2.24) is 5.32 Å². The standard InChI is InChI=1S/C21H22N2O3/c24-20-16-6-2-1-5-15(16)19(17-7-3-4-8-18(17)23-20)21(25)26-13-14-9-11-22-12-10-14/h1-8,14,19,22H,9-13H2,(H,23,24). The lowest BCUT2D eigenvalue weighted by molar-refractivity contribution is -0.146. The molecular weight excluding hydrogens is 328 g/mol. The van der Waals surface area contributed by atoms with E-state index in [0.29, 0.717) is 29.3 Å². The summed E-state index contributed by atoms with van der Waals surface area (Å²) in [5.41, 5.74) is 2.66. The van der Waals surface area contributed by atoms with Crippen LogP contribution >= 0.6 is 0 Å². The zero-order chi connectivity index (χ0) is 17.9. The van der Waals surface area contributed by atoms with Crippen LogP contribution in [0.15, 0.2) is 48.5 Å². The molecule has 2 aromatic carbocycles. The van der Waals surface area contributed by atoms with Gasteiger partial charge < -0.3 is 15.4 Å². The molecule has 2 heterocycles. The quantitative estimate of drug-likeness (QED) is 0.835. The van der Waals surface area contributed by atoms with Crippen molar-refractivity contribution in [3.63, 3.8) is 0 Å². The SMILES string of the molecule is O=C1Nc2ccccc2C(C(=O)OCC2CCNCC2)c2ccccc21. The minimum atomic E-state index is -0.594. The Bertz CT molecular complexity index is 828. The first-order chi connectivity index (χ1) is 12.7. The number of para-hydroxylation sites is 1. The van der Waals surface area contributed by atoms with Gasteiger partial charge in [-0.2, -0.15) is 0 Å². The van der Waals surface area contributed by atoms with E-state index in [4.69, 9.17) is 4.74 Å². The van der Waals surface area contributed by atoms with Gasteiger partial charge in [-0.05, 0) is 55.1 Å². The van der Waals surface area contributed by atoms with Crippen LogP contribution in [-0.2, 0) is 9.53 Å². The molecule has 5 nitrogen and oxygen atoms in total. The molecule has 26 heavy (non-hydrogen) atoms. The molecule has 1 amide bonds. The molecule has 1 saturated heterocycles. The normalized spacial score (nSPS) is 19.7. The number of carbonyl (C=O) groups is 2. The number of hydrogen-bond acceptors (Lipinski definition) is 4. The number of amides is 1. The molecule has 1 unspecified atom stereocenters. The Kier molecular flexibility index (Phi) is 4.71. The van der Waals surface area contributed by atoms with Gasteiger partial charge in [0.25, 0.3) is 5.91 Å². The third-order valence-electron chi connectivity index (χ3n) is 5.19. The van der Waals surface area contributed by atoms with Gasteiger partial charge in [0.2, 0.25) is 0 Å². The minimum absolute atomic E-state index is 0.193. The van der Waals surface area contributed by atoms with Gasteiger partial charge in [0.15, 0.2) is 0 Å². The Morgan fingerprint density at radius 2 is 1.69 bits per heavy atom. The highest BCUT2D eigenvalue weighted by Gasteiger charge is 2.33. The molecule has 0 aromatic heterocycles. The maximum atomic E-state index is 13.0. The maximum absolute atomic E-state index is 13.0.